The van der Waals surface area contributed by atoms with E-state index in [9.17, 15) is 4.79 Å². The fraction of sp³-hybridized carbons (Fsp3) is 0.235. The third kappa shape index (κ3) is 3.99. The van der Waals surface area contributed by atoms with Crippen LogP contribution >= 0.6 is 0 Å². The normalized spacial score (nSPS) is 11.5. The third-order valence-electron chi connectivity index (χ3n) is 3.05. The van der Waals surface area contributed by atoms with Crippen molar-refractivity contribution in [1.29, 1.82) is 0 Å². The summed E-state index contributed by atoms with van der Waals surface area (Å²) >= 11 is 0. The van der Waals surface area contributed by atoms with Gasteiger partial charge in [0, 0.05) is 0 Å². The van der Waals surface area contributed by atoms with Crippen molar-refractivity contribution in [3.8, 4) is 11.5 Å². The summed E-state index contributed by atoms with van der Waals surface area (Å²) in [4.78, 5) is 12.3. The maximum atomic E-state index is 12.3. The topological polar surface area (TPSA) is 47.6 Å². The van der Waals surface area contributed by atoms with Crippen LogP contribution in [0.15, 0.2) is 54.6 Å². The molecule has 0 aliphatic rings. The smallest absolute Gasteiger partial charge is 0.265 e. The molecule has 2 rings (SSSR count). The average Bonchev–Trinajstić information content (AvgIpc) is 2.54. The molecule has 0 radical (unpaired) electrons. The van der Waals surface area contributed by atoms with Gasteiger partial charge in [-0.05, 0) is 30.7 Å². The summed E-state index contributed by atoms with van der Waals surface area (Å²) in [5.41, 5.74) is 0.639. The van der Waals surface area contributed by atoms with Crippen LogP contribution in [0.25, 0.3) is 0 Å². The first-order valence-electron chi connectivity index (χ1n) is 6.90. The predicted octanol–water partition coefficient (Wildman–Crippen LogP) is 3.49. The second-order valence-electron chi connectivity index (χ2n) is 4.52. The van der Waals surface area contributed by atoms with Crippen molar-refractivity contribution in [2.45, 2.75) is 19.4 Å². The van der Waals surface area contributed by atoms with E-state index in [1.165, 1.54) is 0 Å². The van der Waals surface area contributed by atoms with Gasteiger partial charge in [-0.15, -0.1) is 0 Å². The van der Waals surface area contributed by atoms with Gasteiger partial charge in [0.1, 0.15) is 11.5 Å². The highest BCUT2D eigenvalue weighted by Gasteiger charge is 2.19. The lowest BCUT2D eigenvalue weighted by Gasteiger charge is -2.18. The van der Waals surface area contributed by atoms with Crippen LogP contribution < -0.4 is 14.8 Å². The molecule has 21 heavy (non-hydrogen) atoms. The van der Waals surface area contributed by atoms with Gasteiger partial charge in [-0.25, -0.2) is 0 Å². The number of para-hydroxylation sites is 3. The van der Waals surface area contributed by atoms with Crippen molar-refractivity contribution in [3.63, 3.8) is 0 Å². The van der Waals surface area contributed by atoms with Crippen LogP contribution in [-0.4, -0.2) is 19.1 Å². The third-order valence-corrected chi connectivity index (χ3v) is 3.05. The molecule has 1 N–H and O–H groups in total. The van der Waals surface area contributed by atoms with E-state index in [2.05, 4.69) is 5.32 Å². The number of ether oxygens (including phenoxy) is 2. The zero-order valence-electron chi connectivity index (χ0n) is 12.2. The Hall–Kier alpha value is -2.49. The minimum atomic E-state index is -0.544. The summed E-state index contributed by atoms with van der Waals surface area (Å²) in [6, 6.07) is 16.6. The summed E-state index contributed by atoms with van der Waals surface area (Å²) in [5.74, 6) is 1.12. The standard InChI is InChI=1S/C17H19NO3/c1-3-15(21-13-9-5-4-6-10-13)17(19)18-14-11-7-8-12-16(14)20-2/h4-12,15H,3H2,1-2H3,(H,18,19)/t15-/m0/s1. The number of amides is 1. The Balaban J connectivity index is 2.06. The Bertz CT molecular complexity index is 584. The van der Waals surface area contributed by atoms with Crippen LogP contribution in [0, 0.1) is 0 Å². The average molecular weight is 285 g/mol. The van der Waals surface area contributed by atoms with E-state index in [1.807, 2.05) is 49.4 Å². The quantitative estimate of drug-likeness (QED) is 0.883. The molecule has 1 amide bonds. The fourth-order valence-corrected chi connectivity index (χ4v) is 1.95. The lowest BCUT2D eigenvalue weighted by Crippen LogP contribution is -2.32. The second kappa shape index (κ2) is 7.33. The first-order chi connectivity index (χ1) is 10.2. The number of benzene rings is 2. The Morgan fingerprint density at radius 1 is 1.10 bits per heavy atom. The molecule has 0 unspecified atom stereocenters. The van der Waals surface area contributed by atoms with Gasteiger partial charge in [0.05, 0.1) is 12.8 Å². The number of hydrogen-bond acceptors (Lipinski definition) is 3. The van der Waals surface area contributed by atoms with E-state index in [0.29, 0.717) is 23.6 Å². The van der Waals surface area contributed by atoms with E-state index in [4.69, 9.17) is 9.47 Å². The van der Waals surface area contributed by atoms with Gasteiger partial charge in [-0.2, -0.15) is 0 Å². The minimum absolute atomic E-state index is 0.189. The number of methoxy groups -OCH3 is 1. The van der Waals surface area contributed by atoms with E-state index in [0.717, 1.165) is 0 Å². The summed E-state index contributed by atoms with van der Waals surface area (Å²) in [6.45, 7) is 1.91. The largest absolute Gasteiger partial charge is 0.495 e. The SMILES string of the molecule is CC[C@H](Oc1ccccc1)C(=O)Nc1ccccc1OC. The molecule has 0 heterocycles. The highest BCUT2D eigenvalue weighted by Crippen LogP contribution is 2.23. The molecule has 0 aromatic heterocycles. The maximum absolute atomic E-state index is 12.3. The Kier molecular flexibility index (Phi) is 5.21. The van der Waals surface area contributed by atoms with Crippen molar-refractivity contribution >= 4 is 11.6 Å². The molecule has 4 nitrogen and oxygen atoms in total. The van der Waals surface area contributed by atoms with Crippen molar-refractivity contribution in [2.24, 2.45) is 0 Å². The number of hydrogen-bond donors (Lipinski definition) is 1. The molecule has 110 valence electrons. The zero-order chi connectivity index (χ0) is 15.1. The van der Waals surface area contributed by atoms with Crippen molar-refractivity contribution in [3.05, 3.63) is 54.6 Å². The second-order valence-corrected chi connectivity index (χ2v) is 4.52. The first-order valence-corrected chi connectivity index (χ1v) is 6.90. The number of carbonyl (C=O) groups excluding carboxylic acids is 1. The molecule has 0 fully saturated rings. The predicted molar refractivity (Wildman–Crippen MR) is 82.8 cm³/mol. The number of nitrogens with one attached hydrogen (secondary N) is 1. The van der Waals surface area contributed by atoms with Gasteiger partial charge < -0.3 is 14.8 Å². The van der Waals surface area contributed by atoms with Gasteiger partial charge in [0.2, 0.25) is 0 Å². The molecule has 0 bridgehead atoms. The Morgan fingerprint density at radius 3 is 2.43 bits per heavy atom. The van der Waals surface area contributed by atoms with E-state index < -0.39 is 6.10 Å². The molecule has 0 saturated heterocycles. The highest BCUT2D eigenvalue weighted by molar-refractivity contribution is 5.95. The van der Waals surface area contributed by atoms with Crippen LogP contribution in [0.1, 0.15) is 13.3 Å². The van der Waals surface area contributed by atoms with Crippen LogP contribution in [-0.2, 0) is 4.79 Å². The summed E-state index contributed by atoms with van der Waals surface area (Å²) < 4.78 is 10.9. The van der Waals surface area contributed by atoms with Crippen molar-refractivity contribution in [2.75, 3.05) is 12.4 Å². The van der Waals surface area contributed by atoms with Gasteiger partial charge >= 0.3 is 0 Å². The minimum Gasteiger partial charge on any atom is -0.495 e. The van der Waals surface area contributed by atoms with Crippen molar-refractivity contribution in [1.82, 2.24) is 0 Å². The summed E-state index contributed by atoms with van der Waals surface area (Å²) in [7, 11) is 1.57. The van der Waals surface area contributed by atoms with E-state index in [-0.39, 0.29) is 5.91 Å². The Morgan fingerprint density at radius 2 is 1.76 bits per heavy atom. The number of rotatable bonds is 6. The van der Waals surface area contributed by atoms with Crippen LogP contribution in [0.3, 0.4) is 0 Å². The zero-order valence-corrected chi connectivity index (χ0v) is 12.2. The molecular formula is C17H19NO3. The van der Waals surface area contributed by atoms with Crippen LogP contribution in [0.5, 0.6) is 11.5 Å². The molecule has 0 aliphatic carbocycles. The molecule has 1 atom stereocenters. The van der Waals surface area contributed by atoms with Crippen molar-refractivity contribution < 1.29 is 14.3 Å². The molecule has 0 aliphatic heterocycles. The molecule has 2 aromatic carbocycles. The molecule has 4 heteroatoms. The molecular weight excluding hydrogens is 266 g/mol. The van der Waals surface area contributed by atoms with Gasteiger partial charge in [0.15, 0.2) is 6.10 Å². The van der Waals surface area contributed by atoms with E-state index >= 15 is 0 Å². The fourth-order valence-electron chi connectivity index (χ4n) is 1.95. The van der Waals surface area contributed by atoms with Crippen LogP contribution in [0.2, 0.25) is 0 Å². The number of carbonyl (C=O) groups is 1. The van der Waals surface area contributed by atoms with E-state index in [1.54, 1.807) is 19.2 Å². The monoisotopic (exact) mass is 285 g/mol. The molecule has 0 saturated carbocycles. The van der Waals surface area contributed by atoms with Gasteiger partial charge in [-0.3, -0.25) is 4.79 Å². The summed E-state index contributed by atoms with van der Waals surface area (Å²) in [6.07, 6.45) is 0.0351. The molecule has 2 aromatic rings. The number of anilines is 1. The lowest BCUT2D eigenvalue weighted by molar-refractivity contribution is -0.122. The Labute approximate surface area is 124 Å². The maximum Gasteiger partial charge on any atom is 0.265 e. The first kappa shape index (κ1) is 14.9. The lowest BCUT2D eigenvalue weighted by atomic mass is 10.2. The summed E-state index contributed by atoms with van der Waals surface area (Å²) in [5, 5.41) is 2.84. The molecule has 0 spiro atoms. The highest BCUT2D eigenvalue weighted by atomic mass is 16.5. The van der Waals surface area contributed by atoms with Crippen LogP contribution in [0.4, 0.5) is 5.69 Å². The van der Waals surface area contributed by atoms with Gasteiger partial charge in [0.25, 0.3) is 5.91 Å². The van der Waals surface area contributed by atoms with Gasteiger partial charge in [-0.1, -0.05) is 37.3 Å².